The molecule has 2 aromatic rings. The minimum atomic E-state index is -3.56. The van der Waals surface area contributed by atoms with Crippen molar-refractivity contribution in [2.75, 3.05) is 13.1 Å². The Kier molecular flexibility index (Phi) is 3.59. The molecule has 26 heavy (non-hydrogen) atoms. The molecule has 0 N–H and O–H groups in total. The van der Waals surface area contributed by atoms with Crippen molar-refractivity contribution in [2.45, 2.75) is 24.2 Å². The molecule has 3 aliphatic rings. The zero-order chi connectivity index (χ0) is 18.7. The molecule has 3 nitrogen and oxygen atoms in total. The van der Waals surface area contributed by atoms with E-state index in [9.17, 15) is 8.42 Å². The average molecular weight is 365 g/mol. The quantitative estimate of drug-likeness (QED) is 0.769. The molecule has 0 amide bonds. The first-order valence-corrected chi connectivity index (χ1v) is 10.2. The van der Waals surface area contributed by atoms with Gasteiger partial charge < -0.3 is 0 Å². The van der Waals surface area contributed by atoms with E-state index in [2.05, 4.69) is 20.1 Å². The maximum absolute atomic E-state index is 13.3. The van der Waals surface area contributed by atoms with E-state index in [-0.39, 0.29) is 5.41 Å². The predicted octanol–water partition coefficient (Wildman–Crippen LogP) is 4.07. The topological polar surface area (TPSA) is 37.4 Å². The Hall–Kier alpha value is -2.17. The fourth-order valence-electron chi connectivity index (χ4n) is 4.49. The van der Waals surface area contributed by atoms with Gasteiger partial charge in [0.1, 0.15) is 0 Å². The maximum Gasteiger partial charge on any atom is 0.243 e. The van der Waals surface area contributed by atoms with Gasteiger partial charge in [-0.25, -0.2) is 8.42 Å². The summed E-state index contributed by atoms with van der Waals surface area (Å²) in [6, 6.07) is 17.1. The van der Waals surface area contributed by atoms with Crippen molar-refractivity contribution in [3.63, 3.8) is 0 Å². The van der Waals surface area contributed by atoms with Crippen molar-refractivity contribution in [3.8, 4) is 0 Å². The lowest BCUT2D eigenvalue weighted by molar-refractivity contribution is 0.125. The zero-order valence-corrected chi connectivity index (χ0v) is 16.0. The standard InChI is InChI=1S/C22H23NO2S/c1-16-10-12-20(13-11-16)26(24,25)23-14-21(4)17(2)22(15-23,18(21)3)19-8-6-5-7-9-19/h5-13H,2-3,14-15H2,1,4H3. The molecule has 0 spiro atoms. The third-order valence-corrected chi connectivity index (χ3v) is 8.00. The summed E-state index contributed by atoms with van der Waals surface area (Å²) in [5, 5.41) is 0. The van der Waals surface area contributed by atoms with Gasteiger partial charge in [-0.05, 0) is 24.6 Å². The van der Waals surface area contributed by atoms with Gasteiger partial charge in [0, 0.05) is 18.5 Å². The van der Waals surface area contributed by atoms with Crippen LogP contribution in [-0.4, -0.2) is 25.8 Å². The molecule has 2 bridgehead atoms. The summed E-state index contributed by atoms with van der Waals surface area (Å²) in [6.07, 6.45) is 0. The Bertz CT molecular complexity index is 988. The van der Waals surface area contributed by atoms with Crippen LogP contribution in [0.15, 0.2) is 83.8 Å². The van der Waals surface area contributed by atoms with Crippen molar-refractivity contribution >= 4 is 10.0 Å². The van der Waals surface area contributed by atoms with Gasteiger partial charge in [0.15, 0.2) is 0 Å². The fourth-order valence-corrected chi connectivity index (χ4v) is 6.06. The number of sulfonamides is 1. The normalized spacial score (nSPS) is 28.7. The Balaban J connectivity index is 1.79. The molecular formula is C22H23NO2S. The monoisotopic (exact) mass is 365 g/mol. The number of rotatable bonds is 3. The second-order valence-electron chi connectivity index (χ2n) is 7.65. The van der Waals surface area contributed by atoms with Crippen molar-refractivity contribution in [1.29, 1.82) is 0 Å². The number of benzene rings is 2. The SMILES string of the molecule is C=C1C2(C)CN(S(=O)(=O)c3ccc(C)cc3)CC1(c1ccccc1)C2=C. The van der Waals surface area contributed by atoms with E-state index in [4.69, 9.17) is 0 Å². The Morgan fingerprint density at radius 3 is 2.08 bits per heavy atom. The molecule has 0 radical (unpaired) electrons. The summed E-state index contributed by atoms with van der Waals surface area (Å²) in [6.45, 7) is 13.4. The number of nitrogens with zero attached hydrogens (tertiary/aromatic N) is 1. The molecule has 0 atom stereocenters. The van der Waals surface area contributed by atoms with Crippen LogP contribution >= 0.6 is 0 Å². The highest BCUT2D eigenvalue weighted by molar-refractivity contribution is 7.89. The Morgan fingerprint density at radius 2 is 1.50 bits per heavy atom. The molecule has 2 aliphatic heterocycles. The summed E-state index contributed by atoms with van der Waals surface area (Å²) < 4.78 is 28.1. The van der Waals surface area contributed by atoms with Crippen LogP contribution in [0.4, 0.5) is 0 Å². The number of hydrogen-bond donors (Lipinski definition) is 0. The third kappa shape index (κ3) is 2.06. The van der Waals surface area contributed by atoms with Crippen LogP contribution in [0.25, 0.3) is 0 Å². The van der Waals surface area contributed by atoms with E-state index in [1.54, 1.807) is 16.4 Å². The lowest BCUT2D eigenvalue weighted by Gasteiger charge is -2.66. The summed E-state index contributed by atoms with van der Waals surface area (Å²) in [4.78, 5) is 0.340. The van der Waals surface area contributed by atoms with Gasteiger partial charge in [0.05, 0.1) is 10.3 Å². The average Bonchev–Trinajstić information content (AvgIpc) is 2.65. The number of fused-ring (bicyclic) bond motifs is 2. The lowest BCUT2D eigenvalue weighted by Crippen LogP contribution is -2.68. The van der Waals surface area contributed by atoms with Crippen LogP contribution in [0.3, 0.4) is 0 Å². The van der Waals surface area contributed by atoms with Crippen LogP contribution in [0.1, 0.15) is 18.1 Å². The molecule has 1 aliphatic carbocycles. The van der Waals surface area contributed by atoms with Crippen molar-refractivity contribution in [2.24, 2.45) is 5.41 Å². The third-order valence-electron chi connectivity index (χ3n) is 6.19. The number of aryl methyl sites for hydroxylation is 1. The van der Waals surface area contributed by atoms with Gasteiger partial charge in [-0.1, -0.05) is 79.3 Å². The highest BCUT2D eigenvalue weighted by Gasteiger charge is 2.65. The summed E-state index contributed by atoms with van der Waals surface area (Å²) in [7, 11) is -3.56. The Labute approximate surface area is 155 Å². The predicted molar refractivity (Wildman–Crippen MR) is 104 cm³/mol. The van der Waals surface area contributed by atoms with Gasteiger partial charge in [0.25, 0.3) is 0 Å². The molecule has 5 rings (SSSR count). The van der Waals surface area contributed by atoms with Crippen LogP contribution in [0.5, 0.6) is 0 Å². The largest absolute Gasteiger partial charge is 0.243 e. The van der Waals surface area contributed by atoms with E-state index in [1.807, 2.05) is 49.4 Å². The van der Waals surface area contributed by atoms with Crippen LogP contribution in [0, 0.1) is 12.3 Å². The summed E-state index contributed by atoms with van der Waals surface area (Å²) >= 11 is 0. The summed E-state index contributed by atoms with van der Waals surface area (Å²) in [5.74, 6) is 0. The summed E-state index contributed by atoms with van der Waals surface area (Å²) in [5.41, 5.74) is 3.36. The second kappa shape index (κ2) is 5.41. The van der Waals surface area contributed by atoms with Gasteiger partial charge in [-0.2, -0.15) is 4.31 Å². The van der Waals surface area contributed by atoms with Gasteiger partial charge in [0.2, 0.25) is 10.0 Å². The van der Waals surface area contributed by atoms with Gasteiger partial charge in [-0.3, -0.25) is 0 Å². The molecule has 134 valence electrons. The van der Waals surface area contributed by atoms with Crippen LogP contribution < -0.4 is 0 Å². The molecular weight excluding hydrogens is 342 g/mol. The molecule has 0 aromatic heterocycles. The van der Waals surface area contributed by atoms with E-state index in [0.29, 0.717) is 18.0 Å². The van der Waals surface area contributed by atoms with Crippen LogP contribution in [-0.2, 0) is 15.4 Å². The maximum atomic E-state index is 13.3. The van der Waals surface area contributed by atoms with Gasteiger partial charge in [-0.15, -0.1) is 0 Å². The van der Waals surface area contributed by atoms with Crippen molar-refractivity contribution in [1.82, 2.24) is 4.31 Å². The first-order valence-electron chi connectivity index (χ1n) is 8.75. The molecule has 2 heterocycles. The second-order valence-corrected chi connectivity index (χ2v) is 9.58. The van der Waals surface area contributed by atoms with Crippen molar-refractivity contribution in [3.05, 3.63) is 90.0 Å². The fraction of sp³-hybridized carbons (Fsp3) is 0.273. The number of piperidine rings is 2. The molecule has 4 heteroatoms. The molecule has 2 saturated heterocycles. The first kappa shape index (κ1) is 17.3. The molecule has 1 saturated carbocycles. The van der Waals surface area contributed by atoms with E-state index < -0.39 is 15.4 Å². The Morgan fingerprint density at radius 1 is 0.923 bits per heavy atom. The van der Waals surface area contributed by atoms with E-state index in [0.717, 1.165) is 22.3 Å². The van der Waals surface area contributed by atoms with E-state index in [1.165, 1.54) is 0 Å². The lowest BCUT2D eigenvalue weighted by atomic mass is 9.43. The number of hydrogen-bond acceptors (Lipinski definition) is 2. The molecule has 0 unspecified atom stereocenters. The first-order chi connectivity index (χ1) is 12.2. The highest BCUT2D eigenvalue weighted by atomic mass is 32.2. The minimum absolute atomic E-state index is 0.340. The molecule has 3 fully saturated rings. The van der Waals surface area contributed by atoms with Gasteiger partial charge >= 0.3 is 0 Å². The van der Waals surface area contributed by atoms with Crippen LogP contribution in [0.2, 0.25) is 0 Å². The highest BCUT2D eigenvalue weighted by Crippen LogP contribution is 2.66. The van der Waals surface area contributed by atoms with E-state index >= 15 is 0 Å². The van der Waals surface area contributed by atoms with Crippen molar-refractivity contribution < 1.29 is 8.42 Å². The zero-order valence-electron chi connectivity index (χ0n) is 15.2. The smallest absolute Gasteiger partial charge is 0.207 e. The molecule has 2 aromatic carbocycles. The minimum Gasteiger partial charge on any atom is -0.207 e.